The van der Waals surface area contributed by atoms with E-state index < -0.39 is 0 Å². The standard InChI is InChI=1S/C16H27N5OS/c1-13-4-11-23-15(13)12-19-16(17-3)18-5-6-20-7-9-21(10-8-20)14(2)22/h4,11H,5-10,12H2,1-3H3,(H2,17,18,19). The predicted molar refractivity (Wildman–Crippen MR) is 96.0 cm³/mol. The Kier molecular flexibility index (Phi) is 6.85. The minimum Gasteiger partial charge on any atom is -0.355 e. The predicted octanol–water partition coefficient (Wildman–Crippen LogP) is 0.886. The zero-order valence-electron chi connectivity index (χ0n) is 14.3. The third kappa shape index (κ3) is 5.51. The van der Waals surface area contributed by atoms with Crippen molar-refractivity contribution in [3.8, 4) is 0 Å². The van der Waals surface area contributed by atoms with Gasteiger partial charge in [0.25, 0.3) is 0 Å². The molecule has 2 heterocycles. The van der Waals surface area contributed by atoms with Crippen LogP contribution in [0, 0.1) is 6.92 Å². The average Bonchev–Trinajstić information content (AvgIpc) is 2.96. The molecule has 0 unspecified atom stereocenters. The molecule has 0 atom stereocenters. The molecule has 0 bridgehead atoms. The van der Waals surface area contributed by atoms with E-state index in [0.29, 0.717) is 0 Å². The molecule has 2 rings (SSSR count). The van der Waals surface area contributed by atoms with Gasteiger partial charge < -0.3 is 15.5 Å². The van der Waals surface area contributed by atoms with Crippen LogP contribution in [0.1, 0.15) is 17.4 Å². The highest BCUT2D eigenvalue weighted by atomic mass is 32.1. The van der Waals surface area contributed by atoms with Gasteiger partial charge in [-0.1, -0.05) is 0 Å². The Balaban J connectivity index is 1.64. The SMILES string of the molecule is CN=C(NCCN1CCN(C(C)=O)CC1)NCc1sccc1C. The van der Waals surface area contributed by atoms with Crippen molar-refractivity contribution in [2.45, 2.75) is 20.4 Å². The lowest BCUT2D eigenvalue weighted by atomic mass is 10.3. The molecule has 0 spiro atoms. The zero-order valence-corrected chi connectivity index (χ0v) is 15.1. The lowest BCUT2D eigenvalue weighted by Crippen LogP contribution is -2.50. The van der Waals surface area contributed by atoms with Crippen LogP contribution in [0.15, 0.2) is 16.4 Å². The molecule has 128 valence electrons. The van der Waals surface area contributed by atoms with Gasteiger partial charge in [-0.15, -0.1) is 11.3 Å². The summed E-state index contributed by atoms with van der Waals surface area (Å²) in [6.07, 6.45) is 0. The van der Waals surface area contributed by atoms with Crippen molar-refractivity contribution in [3.63, 3.8) is 0 Å². The number of aliphatic imine (C=N–C) groups is 1. The number of guanidine groups is 1. The number of carbonyl (C=O) groups excluding carboxylic acids is 1. The maximum Gasteiger partial charge on any atom is 0.219 e. The van der Waals surface area contributed by atoms with E-state index in [-0.39, 0.29) is 5.91 Å². The first-order valence-electron chi connectivity index (χ1n) is 8.05. The molecule has 0 radical (unpaired) electrons. The Hall–Kier alpha value is -1.60. The van der Waals surface area contributed by atoms with Gasteiger partial charge in [0.15, 0.2) is 5.96 Å². The monoisotopic (exact) mass is 337 g/mol. The number of piperazine rings is 1. The van der Waals surface area contributed by atoms with Gasteiger partial charge >= 0.3 is 0 Å². The Morgan fingerprint density at radius 1 is 1.30 bits per heavy atom. The van der Waals surface area contributed by atoms with Gasteiger partial charge in [-0.3, -0.25) is 14.7 Å². The van der Waals surface area contributed by atoms with Gasteiger partial charge in [-0.2, -0.15) is 0 Å². The van der Waals surface area contributed by atoms with Crippen LogP contribution in [0.3, 0.4) is 0 Å². The summed E-state index contributed by atoms with van der Waals surface area (Å²) in [4.78, 5) is 21.2. The third-order valence-corrected chi connectivity index (χ3v) is 5.17. The molecule has 7 heteroatoms. The molecule has 0 aliphatic carbocycles. The van der Waals surface area contributed by atoms with Gasteiger partial charge in [-0.25, -0.2) is 0 Å². The molecule has 6 nitrogen and oxygen atoms in total. The van der Waals surface area contributed by atoms with E-state index in [4.69, 9.17) is 0 Å². The molecule has 1 aromatic heterocycles. The van der Waals surface area contributed by atoms with Gasteiger partial charge in [0.05, 0.1) is 6.54 Å². The molecule has 1 saturated heterocycles. The molecule has 1 aromatic rings. The van der Waals surface area contributed by atoms with Crippen molar-refractivity contribution >= 4 is 23.2 Å². The molecule has 0 saturated carbocycles. The smallest absolute Gasteiger partial charge is 0.219 e. The summed E-state index contributed by atoms with van der Waals surface area (Å²) in [6.45, 7) is 9.95. The summed E-state index contributed by atoms with van der Waals surface area (Å²) in [5.74, 6) is 1.01. The van der Waals surface area contributed by atoms with Crippen LogP contribution >= 0.6 is 11.3 Å². The highest BCUT2D eigenvalue weighted by Gasteiger charge is 2.17. The number of amides is 1. The topological polar surface area (TPSA) is 60.0 Å². The quantitative estimate of drug-likeness (QED) is 0.619. The zero-order chi connectivity index (χ0) is 16.7. The van der Waals surface area contributed by atoms with Crippen LogP contribution in [0.25, 0.3) is 0 Å². The largest absolute Gasteiger partial charge is 0.355 e. The molecular weight excluding hydrogens is 310 g/mol. The van der Waals surface area contributed by atoms with Crippen LogP contribution in [0.2, 0.25) is 0 Å². The summed E-state index contributed by atoms with van der Waals surface area (Å²) in [7, 11) is 1.79. The summed E-state index contributed by atoms with van der Waals surface area (Å²) >= 11 is 1.77. The number of nitrogens with one attached hydrogen (secondary N) is 2. The van der Waals surface area contributed by atoms with Crippen LogP contribution in [0.4, 0.5) is 0 Å². The summed E-state index contributed by atoms with van der Waals surface area (Å²) in [6, 6.07) is 2.14. The van der Waals surface area contributed by atoms with Crippen molar-refractivity contribution < 1.29 is 4.79 Å². The summed E-state index contributed by atoms with van der Waals surface area (Å²) < 4.78 is 0. The lowest BCUT2D eigenvalue weighted by Gasteiger charge is -2.34. The number of aryl methyl sites for hydroxylation is 1. The van der Waals surface area contributed by atoms with Gasteiger partial charge in [0, 0.05) is 58.1 Å². The van der Waals surface area contributed by atoms with Crippen LogP contribution < -0.4 is 10.6 Å². The summed E-state index contributed by atoms with van der Waals surface area (Å²) in [5, 5.41) is 8.82. The number of nitrogens with zero attached hydrogens (tertiary/aromatic N) is 3. The first kappa shape index (κ1) is 17.7. The first-order valence-corrected chi connectivity index (χ1v) is 8.93. The number of thiophene rings is 1. The maximum absolute atomic E-state index is 11.3. The second kappa shape index (κ2) is 8.88. The van der Waals surface area contributed by atoms with E-state index >= 15 is 0 Å². The van der Waals surface area contributed by atoms with E-state index in [1.54, 1.807) is 25.3 Å². The van der Waals surface area contributed by atoms with Crippen molar-refractivity contribution in [3.05, 3.63) is 21.9 Å². The molecular formula is C16H27N5OS. The fourth-order valence-electron chi connectivity index (χ4n) is 2.59. The number of hydrogen-bond acceptors (Lipinski definition) is 4. The molecule has 1 aliphatic rings. The van der Waals surface area contributed by atoms with E-state index in [1.165, 1.54) is 10.4 Å². The fraction of sp³-hybridized carbons (Fsp3) is 0.625. The molecule has 1 aliphatic heterocycles. The Bertz CT molecular complexity index is 534. The minimum atomic E-state index is 0.177. The first-order chi connectivity index (χ1) is 11.1. The molecule has 23 heavy (non-hydrogen) atoms. The summed E-state index contributed by atoms with van der Waals surface area (Å²) in [5.41, 5.74) is 1.32. The molecule has 1 fully saturated rings. The Morgan fingerprint density at radius 3 is 2.61 bits per heavy atom. The van der Waals surface area contributed by atoms with E-state index in [0.717, 1.165) is 51.8 Å². The number of hydrogen-bond donors (Lipinski definition) is 2. The van der Waals surface area contributed by atoms with Crippen LogP contribution in [0.5, 0.6) is 0 Å². The number of carbonyl (C=O) groups is 1. The Morgan fingerprint density at radius 2 is 2.04 bits per heavy atom. The van der Waals surface area contributed by atoms with Crippen molar-refractivity contribution in [1.82, 2.24) is 20.4 Å². The molecule has 1 amide bonds. The minimum absolute atomic E-state index is 0.177. The molecule has 2 N–H and O–H groups in total. The second-order valence-electron chi connectivity index (χ2n) is 5.73. The van der Waals surface area contributed by atoms with E-state index in [9.17, 15) is 4.79 Å². The fourth-order valence-corrected chi connectivity index (χ4v) is 3.43. The van der Waals surface area contributed by atoms with E-state index in [1.807, 2.05) is 4.90 Å². The van der Waals surface area contributed by atoms with E-state index in [2.05, 4.69) is 38.9 Å². The van der Waals surface area contributed by atoms with Crippen molar-refractivity contribution in [1.29, 1.82) is 0 Å². The van der Waals surface area contributed by atoms with Crippen molar-refractivity contribution in [2.75, 3.05) is 46.3 Å². The van der Waals surface area contributed by atoms with Gasteiger partial charge in [0.2, 0.25) is 5.91 Å². The highest BCUT2D eigenvalue weighted by molar-refractivity contribution is 7.10. The van der Waals surface area contributed by atoms with Crippen LogP contribution in [-0.2, 0) is 11.3 Å². The maximum atomic E-state index is 11.3. The normalized spacial score (nSPS) is 16.5. The van der Waals surface area contributed by atoms with Gasteiger partial charge in [0.1, 0.15) is 0 Å². The second-order valence-corrected chi connectivity index (χ2v) is 6.73. The van der Waals surface area contributed by atoms with Crippen LogP contribution in [-0.4, -0.2) is 68.0 Å². The van der Waals surface area contributed by atoms with Crippen molar-refractivity contribution in [2.24, 2.45) is 4.99 Å². The third-order valence-electron chi connectivity index (χ3n) is 4.15. The Labute approximate surface area is 142 Å². The average molecular weight is 337 g/mol. The molecule has 0 aromatic carbocycles. The highest BCUT2D eigenvalue weighted by Crippen LogP contribution is 2.14. The van der Waals surface area contributed by atoms with Gasteiger partial charge in [-0.05, 0) is 23.9 Å². The lowest BCUT2D eigenvalue weighted by molar-refractivity contribution is -0.130. The number of rotatable bonds is 5.